The van der Waals surface area contributed by atoms with Crippen LogP contribution in [0.3, 0.4) is 0 Å². The zero-order valence-electron chi connectivity index (χ0n) is 10.4. The molecule has 94 valence electrons. The van der Waals surface area contributed by atoms with Gasteiger partial charge in [0, 0.05) is 12.7 Å². The largest absolute Gasteiger partial charge is 0.388 e. The molecule has 2 aliphatic rings. The molecule has 4 heteroatoms. The molecule has 0 spiro atoms. The van der Waals surface area contributed by atoms with Crippen LogP contribution in [0.5, 0.6) is 0 Å². The Balaban J connectivity index is 1.90. The zero-order valence-corrected chi connectivity index (χ0v) is 10.4. The van der Waals surface area contributed by atoms with Crippen molar-refractivity contribution in [3.8, 4) is 0 Å². The molecule has 2 rings (SSSR count). The number of aliphatic hydroxyl groups is 1. The number of hydrogen-bond acceptors (Lipinski definition) is 4. The summed E-state index contributed by atoms with van der Waals surface area (Å²) in [5, 5.41) is 13.7. The fourth-order valence-corrected chi connectivity index (χ4v) is 2.25. The van der Waals surface area contributed by atoms with Gasteiger partial charge in [-0.1, -0.05) is 6.58 Å². The lowest BCUT2D eigenvalue weighted by Crippen LogP contribution is -2.49. The molecule has 2 aliphatic heterocycles. The summed E-state index contributed by atoms with van der Waals surface area (Å²) in [6.07, 6.45) is 5.61. The Morgan fingerprint density at radius 2 is 2.29 bits per heavy atom. The van der Waals surface area contributed by atoms with Gasteiger partial charge in [-0.2, -0.15) is 0 Å². The Hall–Kier alpha value is -1.13. The van der Waals surface area contributed by atoms with Gasteiger partial charge in [0.05, 0.1) is 11.3 Å². The maximum atomic E-state index is 10.4. The van der Waals surface area contributed by atoms with E-state index in [1.807, 2.05) is 19.2 Å². The molecule has 0 aromatic rings. The van der Waals surface area contributed by atoms with Crippen molar-refractivity contribution in [1.82, 2.24) is 10.2 Å². The first-order chi connectivity index (χ1) is 8.09. The van der Waals surface area contributed by atoms with Crippen molar-refractivity contribution in [3.05, 3.63) is 24.4 Å². The molecule has 0 radical (unpaired) electrons. The second kappa shape index (κ2) is 5.02. The van der Waals surface area contributed by atoms with Crippen molar-refractivity contribution in [1.29, 1.82) is 0 Å². The van der Waals surface area contributed by atoms with E-state index in [0.717, 1.165) is 37.2 Å². The Morgan fingerprint density at radius 1 is 1.59 bits per heavy atom. The SMILES string of the molecule is C=C(C)C1=NCN(CC2(O)CCNCC2)C=C1. The van der Waals surface area contributed by atoms with Crippen LogP contribution < -0.4 is 5.32 Å². The maximum absolute atomic E-state index is 10.4. The van der Waals surface area contributed by atoms with E-state index in [4.69, 9.17) is 0 Å². The van der Waals surface area contributed by atoms with E-state index in [1.165, 1.54) is 0 Å². The molecular formula is C13H21N3O. The van der Waals surface area contributed by atoms with Crippen LogP contribution in [-0.2, 0) is 0 Å². The number of rotatable bonds is 3. The summed E-state index contributed by atoms with van der Waals surface area (Å²) in [5.74, 6) is 0. The number of hydrogen-bond donors (Lipinski definition) is 2. The Kier molecular flexibility index (Phi) is 3.64. The number of nitrogens with zero attached hydrogens (tertiary/aromatic N) is 2. The third-order valence-corrected chi connectivity index (χ3v) is 3.33. The highest BCUT2D eigenvalue weighted by Gasteiger charge is 2.30. The molecule has 0 aromatic heterocycles. The van der Waals surface area contributed by atoms with Crippen molar-refractivity contribution in [2.45, 2.75) is 25.4 Å². The Labute approximate surface area is 103 Å². The first kappa shape index (κ1) is 12.3. The second-order valence-corrected chi connectivity index (χ2v) is 5.00. The van der Waals surface area contributed by atoms with Crippen LogP contribution in [0.1, 0.15) is 19.8 Å². The molecule has 0 amide bonds. The molecule has 0 aliphatic carbocycles. The third-order valence-electron chi connectivity index (χ3n) is 3.33. The first-order valence-electron chi connectivity index (χ1n) is 6.15. The van der Waals surface area contributed by atoms with Gasteiger partial charge in [0.15, 0.2) is 0 Å². The smallest absolute Gasteiger partial charge is 0.110 e. The zero-order chi connectivity index (χ0) is 12.3. The molecule has 0 unspecified atom stereocenters. The first-order valence-corrected chi connectivity index (χ1v) is 6.15. The van der Waals surface area contributed by atoms with Crippen LogP contribution in [0.2, 0.25) is 0 Å². The topological polar surface area (TPSA) is 47.9 Å². The number of piperidine rings is 1. The summed E-state index contributed by atoms with van der Waals surface area (Å²) in [4.78, 5) is 6.50. The third kappa shape index (κ3) is 3.17. The van der Waals surface area contributed by atoms with E-state index in [0.29, 0.717) is 13.2 Å². The average Bonchev–Trinajstić information content (AvgIpc) is 2.30. The van der Waals surface area contributed by atoms with Crippen molar-refractivity contribution in [3.63, 3.8) is 0 Å². The lowest BCUT2D eigenvalue weighted by atomic mass is 9.92. The summed E-state index contributed by atoms with van der Waals surface area (Å²) in [6, 6.07) is 0. The van der Waals surface area contributed by atoms with Gasteiger partial charge in [-0.15, -0.1) is 0 Å². The van der Waals surface area contributed by atoms with Crippen LogP contribution in [-0.4, -0.2) is 47.6 Å². The van der Waals surface area contributed by atoms with E-state index in [2.05, 4.69) is 21.8 Å². The number of β-amino-alcohol motifs (C(OH)–C–C–N with tert-alkyl or cyclic N) is 1. The molecule has 17 heavy (non-hydrogen) atoms. The fourth-order valence-electron chi connectivity index (χ4n) is 2.25. The van der Waals surface area contributed by atoms with Crippen molar-refractivity contribution in [2.24, 2.45) is 4.99 Å². The van der Waals surface area contributed by atoms with Crippen molar-refractivity contribution < 1.29 is 5.11 Å². The van der Waals surface area contributed by atoms with Crippen molar-refractivity contribution in [2.75, 3.05) is 26.3 Å². The predicted molar refractivity (Wildman–Crippen MR) is 70.0 cm³/mol. The van der Waals surface area contributed by atoms with E-state index in [9.17, 15) is 5.11 Å². The fraction of sp³-hybridized carbons (Fsp3) is 0.615. The molecule has 2 heterocycles. The minimum Gasteiger partial charge on any atom is -0.388 e. The maximum Gasteiger partial charge on any atom is 0.110 e. The standard InChI is InChI=1S/C13H21N3O/c1-11(2)12-3-8-16(10-15-12)9-13(17)4-6-14-7-5-13/h3,8,14,17H,1,4-7,9-10H2,2H3. The molecule has 2 N–H and O–H groups in total. The van der Waals surface area contributed by atoms with Crippen LogP contribution in [0, 0.1) is 0 Å². The number of allylic oxidation sites excluding steroid dienone is 2. The lowest BCUT2D eigenvalue weighted by molar-refractivity contribution is -0.0107. The number of nitrogens with one attached hydrogen (secondary N) is 1. The van der Waals surface area contributed by atoms with Crippen LogP contribution in [0.15, 0.2) is 29.4 Å². The molecule has 0 saturated carbocycles. The molecule has 1 fully saturated rings. The highest BCUT2D eigenvalue weighted by molar-refractivity contribution is 6.07. The highest BCUT2D eigenvalue weighted by Crippen LogP contribution is 2.20. The molecule has 0 bridgehead atoms. The minimum atomic E-state index is -0.564. The van der Waals surface area contributed by atoms with Gasteiger partial charge in [-0.3, -0.25) is 4.99 Å². The van der Waals surface area contributed by atoms with E-state index >= 15 is 0 Å². The van der Waals surface area contributed by atoms with Gasteiger partial charge >= 0.3 is 0 Å². The normalized spacial score (nSPS) is 23.4. The monoisotopic (exact) mass is 235 g/mol. The Bertz CT molecular complexity index is 354. The highest BCUT2D eigenvalue weighted by atomic mass is 16.3. The van der Waals surface area contributed by atoms with Gasteiger partial charge in [-0.05, 0) is 44.5 Å². The van der Waals surface area contributed by atoms with E-state index in [-0.39, 0.29) is 0 Å². The summed E-state index contributed by atoms with van der Waals surface area (Å²) < 4.78 is 0. The molecular weight excluding hydrogens is 214 g/mol. The van der Waals surface area contributed by atoms with Gasteiger partial charge in [0.25, 0.3) is 0 Å². The van der Waals surface area contributed by atoms with Gasteiger partial charge in [-0.25, -0.2) is 0 Å². The van der Waals surface area contributed by atoms with Gasteiger partial charge in [0.2, 0.25) is 0 Å². The molecule has 1 saturated heterocycles. The van der Waals surface area contributed by atoms with Crippen LogP contribution >= 0.6 is 0 Å². The van der Waals surface area contributed by atoms with Crippen molar-refractivity contribution >= 4 is 5.71 Å². The molecule has 4 nitrogen and oxygen atoms in total. The van der Waals surface area contributed by atoms with Crippen LogP contribution in [0.25, 0.3) is 0 Å². The molecule has 0 atom stereocenters. The number of aliphatic imine (C=N–C) groups is 1. The second-order valence-electron chi connectivity index (χ2n) is 5.00. The molecule has 0 aromatic carbocycles. The summed E-state index contributed by atoms with van der Waals surface area (Å²) in [5.41, 5.74) is 1.38. The average molecular weight is 235 g/mol. The summed E-state index contributed by atoms with van der Waals surface area (Å²) >= 11 is 0. The van der Waals surface area contributed by atoms with E-state index < -0.39 is 5.60 Å². The van der Waals surface area contributed by atoms with Gasteiger partial charge in [0.1, 0.15) is 6.67 Å². The predicted octanol–water partition coefficient (Wildman–Crippen LogP) is 0.905. The Morgan fingerprint density at radius 3 is 2.82 bits per heavy atom. The lowest BCUT2D eigenvalue weighted by Gasteiger charge is -2.37. The van der Waals surface area contributed by atoms with E-state index in [1.54, 1.807) is 0 Å². The summed E-state index contributed by atoms with van der Waals surface area (Å²) in [7, 11) is 0. The minimum absolute atomic E-state index is 0.564. The van der Waals surface area contributed by atoms with Gasteiger partial charge < -0.3 is 15.3 Å². The quantitative estimate of drug-likeness (QED) is 0.764. The van der Waals surface area contributed by atoms with Crippen LogP contribution in [0.4, 0.5) is 0 Å². The summed E-state index contributed by atoms with van der Waals surface area (Å²) in [6.45, 7) is 8.91.